The van der Waals surface area contributed by atoms with Crippen LogP contribution >= 0.6 is 0 Å². The van der Waals surface area contributed by atoms with Gasteiger partial charge in [-0.05, 0) is 25.0 Å². The summed E-state index contributed by atoms with van der Waals surface area (Å²) in [7, 11) is 0. The molecule has 1 rings (SSSR count). The van der Waals surface area contributed by atoms with E-state index in [1.165, 1.54) is 0 Å². The van der Waals surface area contributed by atoms with Gasteiger partial charge < -0.3 is 19.3 Å². The van der Waals surface area contributed by atoms with Gasteiger partial charge in [-0.25, -0.2) is 9.59 Å². The van der Waals surface area contributed by atoms with Gasteiger partial charge in [-0.1, -0.05) is 31.4 Å². The number of hydrogen-bond donors (Lipinski definition) is 1. The first-order valence-electron chi connectivity index (χ1n) is 8.03. The van der Waals surface area contributed by atoms with Crippen LogP contribution in [0.5, 0.6) is 5.75 Å². The summed E-state index contributed by atoms with van der Waals surface area (Å²) in [5, 5.41) is 9.90. The first-order chi connectivity index (χ1) is 12.0. The van der Waals surface area contributed by atoms with Crippen molar-refractivity contribution < 1.29 is 28.9 Å². The van der Waals surface area contributed by atoms with Crippen molar-refractivity contribution in [1.82, 2.24) is 0 Å². The molecule has 6 heteroatoms. The zero-order valence-electron chi connectivity index (χ0n) is 14.2. The molecular weight excluding hydrogens is 324 g/mol. The first kappa shape index (κ1) is 20.4. The van der Waals surface area contributed by atoms with E-state index < -0.39 is 18.0 Å². The molecule has 0 heterocycles. The van der Waals surface area contributed by atoms with Crippen molar-refractivity contribution >= 4 is 11.9 Å². The van der Waals surface area contributed by atoms with Gasteiger partial charge in [0.1, 0.15) is 12.4 Å². The van der Waals surface area contributed by atoms with Gasteiger partial charge in [0.2, 0.25) is 0 Å². The van der Waals surface area contributed by atoms with Crippen LogP contribution in [0.25, 0.3) is 0 Å². The molecule has 6 nitrogen and oxygen atoms in total. The fourth-order valence-corrected chi connectivity index (χ4v) is 1.84. The minimum atomic E-state index is -0.849. The Morgan fingerprint density at radius 3 is 2.40 bits per heavy atom. The number of ether oxygens (including phenoxy) is 3. The van der Waals surface area contributed by atoms with E-state index in [4.69, 9.17) is 14.2 Å². The number of benzene rings is 1. The van der Waals surface area contributed by atoms with Gasteiger partial charge in [-0.3, -0.25) is 0 Å². The van der Waals surface area contributed by atoms with Crippen molar-refractivity contribution in [2.75, 3.05) is 19.8 Å². The van der Waals surface area contributed by atoms with Crippen molar-refractivity contribution in [3.05, 3.63) is 55.1 Å². The summed E-state index contributed by atoms with van der Waals surface area (Å²) in [5.74, 6) is -0.383. The van der Waals surface area contributed by atoms with Crippen molar-refractivity contribution in [1.29, 1.82) is 0 Å². The third kappa shape index (κ3) is 9.32. The highest BCUT2D eigenvalue weighted by molar-refractivity contribution is 5.87. The third-order valence-electron chi connectivity index (χ3n) is 3.14. The zero-order chi connectivity index (χ0) is 18.5. The van der Waals surface area contributed by atoms with Crippen LogP contribution in [-0.4, -0.2) is 43.0 Å². The summed E-state index contributed by atoms with van der Waals surface area (Å²) < 4.78 is 15.3. The maximum absolute atomic E-state index is 11.8. The zero-order valence-corrected chi connectivity index (χ0v) is 14.2. The maximum atomic E-state index is 11.8. The van der Waals surface area contributed by atoms with Crippen LogP contribution in [0.15, 0.2) is 55.1 Å². The second-order valence-electron chi connectivity index (χ2n) is 5.30. The Hall–Kier alpha value is -2.60. The van der Waals surface area contributed by atoms with Crippen LogP contribution in [0.1, 0.15) is 19.3 Å². The second-order valence-corrected chi connectivity index (χ2v) is 5.30. The van der Waals surface area contributed by atoms with E-state index in [0.29, 0.717) is 18.6 Å². The highest BCUT2D eigenvalue weighted by atomic mass is 16.5. The Bertz CT molecular complexity index is 567. The highest BCUT2D eigenvalue weighted by Crippen LogP contribution is 2.11. The lowest BCUT2D eigenvalue weighted by Gasteiger charge is -2.13. The number of aliphatic hydroxyl groups is 1. The number of hydrogen-bond acceptors (Lipinski definition) is 6. The topological polar surface area (TPSA) is 82.1 Å². The van der Waals surface area contributed by atoms with Crippen LogP contribution in [0, 0.1) is 0 Å². The number of unbranched alkanes of at least 4 members (excludes halogenated alkanes) is 1. The lowest BCUT2D eigenvalue weighted by atomic mass is 10.1. The lowest BCUT2D eigenvalue weighted by Crippen LogP contribution is -2.21. The second kappa shape index (κ2) is 11.9. The molecule has 0 fully saturated rings. The van der Waals surface area contributed by atoms with Crippen molar-refractivity contribution in [2.24, 2.45) is 0 Å². The smallest absolute Gasteiger partial charge is 0.333 e. The molecule has 0 spiro atoms. The number of carbonyl (C=O) groups is 2. The molecule has 0 aromatic heterocycles. The predicted molar refractivity (Wildman–Crippen MR) is 93.0 cm³/mol. The third-order valence-corrected chi connectivity index (χ3v) is 3.14. The molecule has 1 aromatic rings. The summed E-state index contributed by atoms with van der Waals surface area (Å²) in [5.41, 5.74) is 0.183. The fourth-order valence-electron chi connectivity index (χ4n) is 1.84. The number of para-hydroxylation sites is 1. The summed E-state index contributed by atoms with van der Waals surface area (Å²) >= 11 is 0. The molecule has 0 amide bonds. The minimum Gasteiger partial charge on any atom is -0.491 e. The molecule has 0 aliphatic heterocycles. The molecule has 0 aliphatic carbocycles. The Morgan fingerprint density at radius 2 is 1.76 bits per heavy atom. The maximum Gasteiger partial charge on any atom is 0.333 e. The molecule has 136 valence electrons. The number of rotatable bonds is 12. The van der Waals surface area contributed by atoms with Crippen molar-refractivity contribution in [3.63, 3.8) is 0 Å². The van der Waals surface area contributed by atoms with Gasteiger partial charge in [0.05, 0.1) is 19.3 Å². The summed E-state index contributed by atoms with van der Waals surface area (Å²) in [6, 6.07) is 9.08. The standard InChI is InChI=1S/C19H24O6/c1-3-18(21)23-11-7-8-12-24-19(22)15(2)13-16(20)14-25-17-9-5-4-6-10-17/h3-6,9-10,16,20H,1-2,7-8,11-14H2. The van der Waals surface area contributed by atoms with Gasteiger partial charge in [0, 0.05) is 18.1 Å². The number of aliphatic hydroxyl groups excluding tert-OH is 1. The van der Waals surface area contributed by atoms with Crippen LogP contribution in [-0.2, 0) is 19.1 Å². The first-order valence-corrected chi connectivity index (χ1v) is 8.03. The van der Waals surface area contributed by atoms with Crippen molar-refractivity contribution in [2.45, 2.75) is 25.4 Å². The van der Waals surface area contributed by atoms with Crippen LogP contribution < -0.4 is 4.74 Å². The quantitative estimate of drug-likeness (QED) is 0.355. The largest absolute Gasteiger partial charge is 0.491 e. The van der Waals surface area contributed by atoms with E-state index in [1.807, 2.05) is 18.2 Å². The highest BCUT2D eigenvalue weighted by Gasteiger charge is 2.14. The monoisotopic (exact) mass is 348 g/mol. The SMILES string of the molecule is C=CC(=O)OCCCCOC(=O)C(=C)CC(O)COc1ccccc1. The van der Waals surface area contributed by atoms with E-state index >= 15 is 0 Å². The normalized spacial score (nSPS) is 11.2. The van der Waals surface area contributed by atoms with Gasteiger partial charge in [-0.2, -0.15) is 0 Å². The molecule has 0 saturated heterocycles. The van der Waals surface area contributed by atoms with E-state index in [0.717, 1.165) is 6.08 Å². The average molecular weight is 348 g/mol. The Morgan fingerprint density at radius 1 is 1.12 bits per heavy atom. The molecule has 1 atom stereocenters. The number of carbonyl (C=O) groups excluding carboxylic acids is 2. The van der Waals surface area contributed by atoms with Gasteiger partial charge in [0.15, 0.2) is 0 Å². The summed E-state index contributed by atoms with van der Waals surface area (Å²) in [6.07, 6.45) is 1.45. The molecule has 0 bridgehead atoms. The Labute approximate surface area is 147 Å². The summed E-state index contributed by atoms with van der Waals surface area (Å²) in [6.45, 7) is 7.42. The lowest BCUT2D eigenvalue weighted by molar-refractivity contribution is -0.141. The molecular formula is C19H24O6. The average Bonchev–Trinajstić information content (AvgIpc) is 2.63. The molecule has 1 unspecified atom stereocenters. The van der Waals surface area contributed by atoms with E-state index in [-0.39, 0.29) is 31.8 Å². The van der Waals surface area contributed by atoms with Crippen LogP contribution in [0.2, 0.25) is 0 Å². The molecule has 1 aromatic carbocycles. The Balaban J connectivity index is 2.13. The van der Waals surface area contributed by atoms with Gasteiger partial charge >= 0.3 is 11.9 Å². The molecule has 0 radical (unpaired) electrons. The van der Waals surface area contributed by atoms with Crippen LogP contribution in [0.3, 0.4) is 0 Å². The predicted octanol–water partition coefficient (Wildman–Crippen LogP) is 2.43. The molecule has 0 aliphatic rings. The van der Waals surface area contributed by atoms with E-state index in [1.54, 1.807) is 12.1 Å². The van der Waals surface area contributed by atoms with Crippen LogP contribution in [0.4, 0.5) is 0 Å². The number of esters is 2. The van der Waals surface area contributed by atoms with E-state index in [2.05, 4.69) is 13.2 Å². The van der Waals surface area contributed by atoms with Crippen molar-refractivity contribution in [3.8, 4) is 5.75 Å². The van der Waals surface area contributed by atoms with Gasteiger partial charge in [-0.15, -0.1) is 0 Å². The molecule has 1 N–H and O–H groups in total. The fraction of sp³-hybridized carbons (Fsp3) is 0.368. The molecule has 0 saturated carbocycles. The minimum absolute atomic E-state index is 0.0605. The van der Waals surface area contributed by atoms with E-state index in [9.17, 15) is 14.7 Å². The Kier molecular flexibility index (Phi) is 9.70. The van der Waals surface area contributed by atoms with Gasteiger partial charge in [0.25, 0.3) is 0 Å². The summed E-state index contributed by atoms with van der Waals surface area (Å²) in [4.78, 5) is 22.6. The molecule has 25 heavy (non-hydrogen) atoms.